The standard InChI is InChI=1S/C12H10FN3O2/c1-7(17)8-3-2-4-9(13)11(8)16-6-5-10(15-16)12(14)18/h2-6H,1H3,(H2,14,18). The maximum absolute atomic E-state index is 13.8. The molecule has 1 amide bonds. The summed E-state index contributed by atoms with van der Waals surface area (Å²) in [5.74, 6) is -1.60. The van der Waals surface area contributed by atoms with Gasteiger partial charge in [-0.25, -0.2) is 9.07 Å². The van der Waals surface area contributed by atoms with Gasteiger partial charge < -0.3 is 5.73 Å². The van der Waals surface area contributed by atoms with Gasteiger partial charge >= 0.3 is 0 Å². The third-order valence-electron chi connectivity index (χ3n) is 2.44. The van der Waals surface area contributed by atoms with Crippen LogP contribution in [0, 0.1) is 5.82 Å². The first kappa shape index (κ1) is 12.0. The lowest BCUT2D eigenvalue weighted by molar-refractivity contribution is 0.0993. The third kappa shape index (κ3) is 2.00. The van der Waals surface area contributed by atoms with Crippen molar-refractivity contribution in [1.82, 2.24) is 9.78 Å². The summed E-state index contributed by atoms with van der Waals surface area (Å²) in [5.41, 5.74) is 5.27. The quantitative estimate of drug-likeness (QED) is 0.830. The molecule has 0 aliphatic rings. The summed E-state index contributed by atoms with van der Waals surface area (Å²) in [6, 6.07) is 5.51. The fourth-order valence-electron chi connectivity index (χ4n) is 1.61. The molecule has 0 bridgehead atoms. The SMILES string of the molecule is CC(=O)c1cccc(F)c1-n1ccc(C(N)=O)n1. The van der Waals surface area contributed by atoms with E-state index >= 15 is 0 Å². The Labute approximate surface area is 102 Å². The molecule has 0 fully saturated rings. The monoisotopic (exact) mass is 247 g/mol. The number of ketones is 1. The number of halogens is 1. The summed E-state index contributed by atoms with van der Waals surface area (Å²) in [6.45, 7) is 1.33. The van der Waals surface area contributed by atoms with Crippen LogP contribution in [0.3, 0.4) is 0 Å². The number of rotatable bonds is 3. The molecule has 1 heterocycles. The van der Waals surface area contributed by atoms with Crippen molar-refractivity contribution < 1.29 is 14.0 Å². The van der Waals surface area contributed by atoms with Gasteiger partial charge in [-0.2, -0.15) is 5.10 Å². The predicted molar refractivity (Wildman–Crippen MR) is 62.0 cm³/mol. The van der Waals surface area contributed by atoms with Crippen LogP contribution in [0.2, 0.25) is 0 Å². The van der Waals surface area contributed by atoms with Crippen molar-refractivity contribution in [2.75, 3.05) is 0 Å². The predicted octanol–water partition coefficient (Wildman–Crippen LogP) is 1.31. The van der Waals surface area contributed by atoms with Gasteiger partial charge in [0.05, 0.1) is 0 Å². The highest BCUT2D eigenvalue weighted by atomic mass is 19.1. The number of aromatic nitrogens is 2. The van der Waals surface area contributed by atoms with Crippen LogP contribution in [0.15, 0.2) is 30.5 Å². The average molecular weight is 247 g/mol. The molecule has 0 atom stereocenters. The molecule has 5 nitrogen and oxygen atoms in total. The Bertz CT molecular complexity index is 634. The Morgan fingerprint density at radius 3 is 2.61 bits per heavy atom. The zero-order valence-electron chi connectivity index (χ0n) is 9.55. The van der Waals surface area contributed by atoms with Crippen molar-refractivity contribution in [3.8, 4) is 5.69 Å². The van der Waals surface area contributed by atoms with Crippen LogP contribution in [0.4, 0.5) is 4.39 Å². The first-order chi connectivity index (χ1) is 8.50. The largest absolute Gasteiger partial charge is 0.364 e. The van der Waals surface area contributed by atoms with Crippen molar-refractivity contribution in [3.63, 3.8) is 0 Å². The molecule has 18 heavy (non-hydrogen) atoms. The van der Waals surface area contributed by atoms with Crippen LogP contribution in [0.25, 0.3) is 5.69 Å². The highest BCUT2D eigenvalue weighted by Crippen LogP contribution is 2.18. The Kier molecular flexibility index (Phi) is 2.93. The number of hydrogen-bond acceptors (Lipinski definition) is 3. The van der Waals surface area contributed by atoms with Crippen molar-refractivity contribution in [2.24, 2.45) is 5.73 Å². The van der Waals surface area contributed by atoms with Crippen LogP contribution < -0.4 is 5.73 Å². The molecule has 2 rings (SSSR count). The van der Waals surface area contributed by atoms with Gasteiger partial charge in [0.1, 0.15) is 17.2 Å². The fraction of sp³-hybridized carbons (Fsp3) is 0.0833. The van der Waals surface area contributed by atoms with Crippen LogP contribution in [0.1, 0.15) is 27.8 Å². The molecule has 92 valence electrons. The van der Waals surface area contributed by atoms with E-state index in [1.54, 1.807) is 0 Å². The molecule has 0 saturated heterocycles. The maximum atomic E-state index is 13.8. The Balaban J connectivity index is 2.62. The summed E-state index contributed by atoms with van der Waals surface area (Å²) >= 11 is 0. The summed E-state index contributed by atoms with van der Waals surface area (Å²) in [5, 5.41) is 3.83. The van der Waals surface area contributed by atoms with Gasteiger partial charge in [-0.3, -0.25) is 9.59 Å². The molecule has 1 aromatic heterocycles. The highest BCUT2D eigenvalue weighted by molar-refractivity contribution is 5.97. The lowest BCUT2D eigenvalue weighted by Gasteiger charge is -2.07. The van der Waals surface area contributed by atoms with E-state index in [-0.39, 0.29) is 22.7 Å². The Hall–Kier alpha value is -2.50. The van der Waals surface area contributed by atoms with Gasteiger partial charge in [-0.1, -0.05) is 6.07 Å². The Morgan fingerprint density at radius 1 is 1.33 bits per heavy atom. The number of benzene rings is 1. The molecule has 2 N–H and O–H groups in total. The van der Waals surface area contributed by atoms with Gasteiger partial charge in [0.25, 0.3) is 5.91 Å². The molecule has 6 heteroatoms. The Morgan fingerprint density at radius 2 is 2.06 bits per heavy atom. The number of carbonyl (C=O) groups excluding carboxylic acids is 2. The first-order valence-electron chi connectivity index (χ1n) is 5.16. The maximum Gasteiger partial charge on any atom is 0.269 e. The molecule has 1 aromatic carbocycles. The molecular weight excluding hydrogens is 237 g/mol. The number of hydrogen-bond donors (Lipinski definition) is 1. The normalized spacial score (nSPS) is 10.3. The van der Waals surface area contributed by atoms with E-state index in [1.807, 2.05) is 0 Å². The second-order valence-corrected chi connectivity index (χ2v) is 3.70. The molecule has 0 aliphatic carbocycles. The summed E-state index contributed by atoms with van der Waals surface area (Å²) < 4.78 is 14.9. The van der Waals surface area contributed by atoms with Gasteiger partial charge in [0.15, 0.2) is 5.78 Å². The molecule has 0 aliphatic heterocycles. The van der Waals surface area contributed by atoms with E-state index in [2.05, 4.69) is 5.10 Å². The third-order valence-corrected chi connectivity index (χ3v) is 2.44. The number of carbonyl (C=O) groups is 2. The number of amides is 1. The number of para-hydroxylation sites is 1. The van der Waals surface area contributed by atoms with Gasteiger partial charge in [-0.05, 0) is 25.1 Å². The van der Waals surface area contributed by atoms with Crippen molar-refractivity contribution in [3.05, 3.63) is 47.5 Å². The molecule has 0 saturated carbocycles. The first-order valence-corrected chi connectivity index (χ1v) is 5.16. The van der Waals surface area contributed by atoms with E-state index in [1.165, 1.54) is 37.4 Å². The molecular formula is C12H10FN3O2. The van der Waals surface area contributed by atoms with E-state index in [4.69, 9.17) is 5.73 Å². The van der Waals surface area contributed by atoms with E-state index in [0.717, 1.165) is 4.68 Å². The average Bonchev–Trinajstić information content (AvgIpc) is 2.77. The molecule has 0 unspecified atom stereocenters. The van der Waals surface area contributed by atoms with Gasteiger partial charge in [-0.15, -0.1) is 0 Å². The molecule has 0 radical (unpaired) electrons. The minimum absolute atomic E-state index is 0.00718. The zero-order chi connectivity index (χ0) is 13.3. The summed E-state index contributed by atoms with van der Waals surface area (Å²) in [4.78, 5) is 22.4. The van der Waals surface area contributed by atoms with Crippen LogP contribution in [-0.2, 0) is 0 Å². The molecule has 0 spiro atoms. The van der Waals surface area contributed by atoms with Gasteiger partial charge in [0.2, 0.25) is 0 Å². The second-order valence-electron chi connectivity index (χ2n) is 3.70. The minimum atomic E-state index is -0.713. The minimum Gasteiger partial charge on any atom is -0.364 e. The lowest BCUT2D eigenvalue weighted by Crippen LogP contribution is -2.13. The number of nitrogens with zero attached hydrogens (tertiary/aromatic N) is 2. The zero-order valence-corrected chi connectivity index (χ0v) is 9.55. The fourth-order valence-corrected chi connectivity index (χ4v) is 1.61. The van der Waals surface area contributed by atoms with Crippen molar-refractivity contribution >= 4 is 11.7 Å². The van der Waals surface area contributed by atoms with Crippen LogP contribution in [-0.4, -0.2) is 21.5 Å². The number of Topliss-reactive ketones (excluding diaryl/α,β-unsaturated/α-hetero) is 1. The second kappa shape index (κ2) is 4.40. The lowest BCUT2D eigenvalue weighted by atomic mass is 10.1. The van der Waals surface area contributed by atoms with Gasteiger partial charge in [0, 0.05) is 11.8 Å². The number of primary amides is 1. The molecule has 2 aromatic rings. The van der Waals surface area contributed by atoms with Crippen molar-refractivity contribution in [2.45, 2.75) is 6.92 Å². The topological polar surface area (TPSA) is 78.0 Å². The van der Waals surface area contributed by atoms with Crippen molar-refractivity contribution in [1.29, 1.82) is 0 Å². The van der Waals surface area contributed by atoms with Crippen LogP contribution in [0.5, 0.6) is 0 Å². The van der Waals surface area contributed by atoms with E-state index in [9.17, 15) is 14.0 Å². The highest BCUT2D eigenvalue weighted by Gasteiger charge is 2.15. The summed E-state index contributed by atoms with van der Waals surface area (Å²) in [7, 11) is 0. The van der Waals surface area contributed by atoms with Crippen LogP contribution >= 0.6 is 0 Å². The smallest absolute Gasteiger partial charge is 0.269 e. The summed E-state index contributed by atoms with van der Waals surface area (Å²) in [6.07, 6.45) is 1.38. The van der Waals surface area contributed by atoms with E-state index < -0.39 is 11.7 Å². The van der Waals surface area contributed by atoms with E-state index in [0.29, 0.717) is 0 Å². The number of nitrogens with two attached hydrogens (primary N) is 1.